The van der Waals surface area contributed by atoms with Gasteiger partial charge in [-0.25, -0.2) is 5.10 Å². The maximum absolute atomic E-state index is 5.38. The zero-order chi connectivity index (χ0) is 9.84. The smallest absolute Gasteiger partial charge is 0.243 e. The van der Waals surface area contributed by atoms with Crippen LogP contribution < -0.4 is 11.1 Å². The first-order valence-electron chi connectivity index (χ1n) is 4.51. The monoisotopic (exact) mass is 183 g/mol. The number of nitrogens with zero attached hydrogens (tertiary/aromatic N) is 2. The van der Waals surface area contributed by atoms with Crippen LogP contribution in [0.3, 0.4) is 0 Å². The Labute approximate surface area is 78.1 Å². The summed E-state index contributed by atoms with van der Waals surface area (Å²) in [5.74, 6) is 2.17. The first-order valence-corrected chi connectivity index (χ1v) is 4.51. The van der Waals surface area contributed by atoms with Gasteiger partial charge in [0, 0.05) is 6.54 Å². The fourth-order valence-electron chi connectivity index (χ4n) is 0.841. The number of hydrogen-bond donors (Lipinski definition) is 3. The Kier molecular flexibility index (Phi) is 3.11. The molecule has 0 spiro atoms. The van der Waals surface area contributed by atoms with E-state index in [2.05, 4.69) is 41.3 Å². The number of anilines is 2. The molecule has 0 saturated heterocycles. The Morgan fingerprint density at radius 1 is 1.46 bits per heavy atom. The molecule has 13 heavy (non-hydrogen) atoms. The topological polar surface area (TPSA) is 79.6 Å². The largest absolute Gasteiger partial charge is 0.368 e. The van der Waals surface area contributed by atoms with E-state index < -0.39 is 0 Å². The second-order valence-electron chi connectivity index (χ2n) is 3.65. The number of hydrogen-bond acceptors (Lipinski definition) is 4. The molecule has 0 aliphatic carbocycles. The maximum atomic E-state index is 5.38. The average molecular weight is 183 g/mol. The standard InChI is InChI=1S/C8H17N5/c1-5(2)6(3)4-10-8-11-7(9)12-13-8/h5-6H,4H2,1-3H3,(H4,9,10,11,12,13). The molecular weight excluding hydrogens is 166 g/mol. The highest BCUT2D eigenvalue weighted by Gasteiger charge is 2.07. The van der Waals surface area contributed by atoms with Crippen molar-refractivity contribution in [2.45, 2.75) is 20.8 Å². The van der Waals surface area contributed by atoms with Crippen LogP contribution >= 0.6 is 0 Å². The van der Waals surface area contributed by atoms with E-state index in [1.807, 2.05) is 0 Å². The Morgan fingerprint density at radius 2 is 2.15 bits per heavy atom. The van der Waals surface area contributed by atoms with E-state index in [-0.39, 0.29) is 0 Å². The van der Waals surface area contributed by atoms with Crippen molar-refractivity contribution in [3.8, 4) is 0 Å². The summed E-state index contributed by atoms with van der Waals surface area (Å²) in [6.45, 7) is 7.44. The molecule has 0 fully saturated rings. The first kappa shape index (κ1) is 9.83. The van der Waals surface area contributed by atoms with Gasteiger partial charge in [-0.1, -0.05) is 20.8 Å². The van der Waals surface area contributed by atoms with Crippen molar-refractivity contribution >= 4 is 11.9 Å². The van der Waals surface area contributed by atoms with Gasteiger partial charge in [-0.05, 0) is 11.8 Å². The lowest BCUT2D eigenvalue weighted by molar-refractivity contribution is 0.439. The molecule has 1 unspecified atom stereocenters. The van der Waals surface area contributed by atoms with Gasteiger partial charge in [-0.2, -0.15) is 4.98 Å². The van der Waals surface area contributed by atoms with Crippen LogP contribution in [0.1, 0.15) is 20.8 Å². The summed E-state index contributed by atoms with van der Waals surface area (Å²) < 4.78 is 0. The van der Waals surface area contributed by atoms with Crippen molar-refractivity contribution in [1.82, 2.24) is 15.2 Å². The summed E-state index contributed by atoms with van der Waals surface area (Å²) in [4.78, 5) is 3.94. The lowest BCUT2D eigenvalue weighted by Gasteiger charge is -2.14. The van der Waals surface area contributed by atoms with E-state index >= 15 is 0 Å². The molecule has 5 nitrogen and oxygen atoms in total. The number of nitrogen functional groups attached to an aromatic ring is 1. The predicted molar refractivity (Wildman–Crippen MR) is 53.3 cm³/mol. The SMILES string of the molecule is CC(C)C(C)CNc1n[nH]c(N)n1. The predicted octanol–water partition coefficient (Wildman–Crippen LogP) is 1.09. The van der Waals surface area contributed by atoms with Gasteiger partial charge in [-0.3, -0.25) is 0 Å². The van der Waals surface area contributed by atoms with Gasteiger partial charge >= 0.3 is 0 Å². The Balaban J connectivity index is 2.35. The van der Waals surface area contributed by atoms with Gasteiger partial charge in [0.15, 0.2) is 0 Å². The molecule has 0 radical (unpaired) electrons. The molecule has 0 bridgehead atoms. The van der Waals surface area contributed by atoms with Crippen molar-refractivity contribution in [3.05, 3.63) is 0 Å². The van der Waals surface area contributed by atoms with Gasteiger partial charge in [0.25, 0.3) is 0 Å². The fraction of sp³-hybridized carbons (Fsp3) is 0.750. The van der Waals surface area contributed by atoms with Crippen molar-refractivity contribution < 1.29 is 0 Å². The molecule has 5 heteroatoms. The summed E-state index contributed by atoms with van der Waals surface area (Å²) in [5.41, 5.74) is 5.38. The van der Waals surface area contributed by atoms with Gasteiger partial charge in [0.2, 0.25) is 11.9 Å². The number of H-pyrrole nitrogens is 1. The van der Waals surface area contributed by atoms with Gasteiger partial charge in [0.05, 0.1) is 0 Å². The van der Waals surface area contributed by atoms with E-state index in [0.717, 1.165) is 6.54 Å². The van der Waals surface area contributed by atoms with Crippen LogP contribution in [0.15, 0.2) is 0 Å². The minimum absolute atomic E-state index is 0.347. The van der Waals surface area contributed by atoms with Crippen molar-refractivity contribution in [2.75, 3.05) is 17.6 Å². The summed E-state index contributed by atoms with van der Waals surface area (Å²) in [6.07, 6.45) is 0. The van der Waals surface area contributed by atoms with Crippen LogP contribution in [0.25, 0.3) is 0 Å². The molecule has 1 aromatic heterocycles. The zero-order valence-corrected chi connectivity index (χ0v) is 8.33. The van der Waals surface area contributed by atoms with Crippen LogP contribution in [0.4, 0.5) is 11.9 Å². The number of nitrogens with two attached hydrogens (primary N) is 1. The molecular formula is C8H17N5. The van der Waals surface area contributed by atoms with Gasteiger partial charge in [-0.15, -0.1) is 5.10 Å². The van der Waals surface area contributed by atoms with Crippen LogP contribution in [-0.4, -0.2) is 21.7 Å². The van der Waals surface area contributed by atoms with Crippen LogP contribution in [0.5, 0.6) is 0 Å². The van der Waals surface area contributed by atoms with E-state index in [1.54, 1.807) is 0 Å². The van der Waals surface area contributed by atoms with E-state index in [4.69, 9.17) is 5.73 Å². The highest BCUT2D eigenvalue weighted by molar-refractivity contribution is 5.29. The average Bonchev–Trinajstić information content (AvgIpc) is 2.47. The second kappa shape index (κ2) is 4.11. The highest BCUT2D eigenvalue weighted by Crippen LogP contribution is 2.10. The third kappa shape index (κ3) is 2.93. The van der Waals surface area contributed by atoms with Crippen LogP contribution in [-0.2, 0) is 0 Å². The minimum Gasteiger partial charge on any atom is -0.368 e. The fourth-order valence-corrected chi connectivity index (χ4v) is 0.841. The molecule has 74 valence electrons. The number of rotatable bonds is 4. The van der Waals surface area contributed by atoms with Crippen LogP contribution in [0.2, 0.25) is 0 Å². The summed E-state index contributed by atoms with van der Waals surface area (Å²) in [5, 5.41) is 9.56. The Morgan fingerprint density at radius 3 is 2.62 bits per heavy atom. The molecule has 0 saturated carbocycles. The Hall–Kier alpha value is -1.26. The molecule has 0 aromatic carbocycles. The lowest BCUT2D eigenvalue weighted by atomic mass is 9.98. The second-order valence-corrected chi connectivity index (χ2v) is 3.65. The Bertz CT molecular complexity index is 255. The number of nitrogens with one attached hydrogen (secondary N) is 2. The molecule has 1 aromatic rings. The lowest BCUT2D eigenvalue weighted by Crippen LogP contribution is -2.16. The quantitative estimate of drug-likeness (QED) is 0.652. The minimum atomic E-state index is 0.347. The molecule has 0 aliphatic rings. The van der Waals surface area contributed by atoms with Gasteiger partial charge < -0.3 is 11.1 Å². The van der Waals surface area contributed by atoms with E-state index in [0.29, 0.717) is 23.7 Å². The van der Waals surface area contributed by atoms with Crippen molar-refractivity contribution in [1.29, 1.82) is 0 Å². The van der Waals surface area contributed by atoms with Crippen molar-refractivity contribution in [3.63, 3.8) is 0 Å². The summed E-state index contributed by atoms with van der Waals surface area (Å²) >= 11 is 0. The third-order valence-electron chi connectivity index (χ3n) is 2.22. The zero-order valence-electron chi connectivity index (χ0n) is 8.33. The molecule has 0 amide bonds. The highest BCUT2D eigenvalue weighted by atomic mass is 15.3. The number of aromatic nitrogens is 3. The molecule has 4 N–H and O–H groups in total. The summed E-state index contributed by atoms with van der Waals surface area (Å²) in [7, 11) is 0. The maximum Gasteiger partial charge on any atom is 0.243 e. The molecule has 1 rings (SSSR count). The third-order valence-corrected chi connectivity index (χ3v) is 2.22. The van der Waals surface area contributed by atoms with E-state index in [1.165, 1.54) is 0 Å². The number of aromatic amines is 1. The molecule has 0 aliphatic heterocycles. The van der Waals surface area contributed by atoms with Crippen LogP contribution in [0, 0.1) is 11.8 Å². The molecule has 1 heterocycles. The van der Waals surface area contributed by atoms with Crippen molar-refractivity contribution in [2.24, 2.45) is 11.8 Å². The molecule has 1 atom stereocenters. The van der Waals surface area contributed by atoms with E-state index in [9.17, 15) is 0 Å². The first-order chi connectivity index (χ1) is 6.09. The van der Waals surface area contributed by atoms with Gasteiger partial charge in [0.1, 0.15) is 0 Å². The summed E-state index contributed by atoms with van der Waals surface area (Å²) in [6, 6.07) is 0. The normalized spacial score (nSPS) is 13.2.